The van der Waals surface area contributed by atoms with Crippen molar-refractivity contribution in [2.75, 3.05) is 225 Å². The minimum absolute atomic E-state index is 0.0232. The second-order valence-corrected chi connectivity index (χ2v) is 25.1. The number of nitrogens with two attached hydrogens (primary N) is 3. The molecular weight excluding hydrogens is 1400 g/mol. The van der Waals surface area contributed by atoms with Crippen LogP contribution in [0.5, 0.6) is 0 Å². The number of carbonyl (C=O) groups is 5. The van der Waals surface area contributed by atoms with Crippen LogP contribution in [-0.4, -0.2) is 327 Å². The van der Waals surface area contributed by atoms with Gasteiger partial charge in [-0.05, 0) is 64.2 Å². The molecule has 4 heterocycles. The maximum atomic E-state index is 13.0. The normalized spacial score (nSPS) is 18.6. The number of aromatic nitrogens is 3. The van der Waals surface area contributed by atoms with Gasteiger partial charge >= 0.3 is 18.1 Å². The van der Waals surface area contributed by atoms with Gasteiger partial charge in [0.1, 0.15) is 32.1 Å². The summed E-state index contributed by atoms with van der Waals surface area (Å²) in [5.74, 6) is -0.473. The third-order valence-corrected chi connectivity index (χ3v) is 16.1. The van der Waals surface area contributed by atoms with Crippen LogP contribution in [0.25, 0.3) is 0 Å². The monoisotopic (exact) mass is 1520 g/mol. The number of hydrogen-bond acceptors (Lipinski definition) is 31. The number of ether oxygens (including phenoxy) is 15. The lowest BCUT2D eigenvalue weighted by Crippen LogP contribution is -2.48. The molecule has 4 rings (SSSR count). The molecule has 8 amide bonds. The molecule has 4 unspecified atom stereocenters. The van der Waals surface area contributed by atoms with Gasteiger partial charge in [-0.25, -0.2) is 19.1 Å². The summed E-state index contributed by atoms with van der Waals surface area (Å²) in [4.78, 5) is 62.3. The number of aliphatic hydroxyl groups is 3. The molecule has 40 nitrogen and oxygen atoms in total. The van der Waals surface area contributed by atoms with Crippen LogP contribution in [0.4, 0.5) is 14.4 Å². The van der Waals surface area contributed by atoms with Crippen LogP contribution in [0.15, 0.2) is 30.0 Å². The van der Waals surface area contributed by atoms with Crippen molar-refractivity contribution >= 4 is 29.9 Å². The minimum Gasteiger partial charge on any atom is -0.399 e. The molecule has 7 atom stereocenters. The van der Waals surface area contributed by atoms with Gasteiger partial charge in [0.2, 0.25) is 11.8 Å². The van der Waals surface area contributed by atoms with Gasteiger partial charge in [-0.15, -0.1) is 5.10 Å². The summed E-state index contributed by atoms with van der Waals surface area (Å²) in [6.45, 7) is 10.4. The van der Waals surface area contributed by atoms with E-state index in [1.54, 1.807) is 18.6 Å². The second-order valence-electron chi connectivity index (χ2n) is 25.1. The third-order valence-electron chi connectivity index (χ3n) is 16.1. The highest BCUT2D eigenvalue weighted by Gasteiger charge is 2.29. The van der Waals surface area contributed by atoms with Crippen LogP contribution < -0.4 is 75.7 Å². The molecule has 1 aromatic heterocycles. The molecule has 0 saturated carbocycles. The summed E-state index contributed by atoms with van der Waals surface area (Å²) >= 11 is 0. The van der Waals surface area contributed by atoms with Crippen molar-refractivity contribution in [2.24, 2.45) is 17.2 Å². The molecule has 106 heavy (non-hydrogen) atoms. The van der Waals surface area contributed by atoms with Crippen molar-refractivity contribution in [1.29, 1.82) is 0 Å². The Bertz CT molecular complexity index is 2470. The molecule has 40 heteroatoms. The maximum Gasteiger partial charge on any atom is 0.315 e. The summed E-state index contributed by atoms with van der Waals surface area (Å²) in [6, 6.07) is -1.05. The Labute approximate surface area is 621 Å². The van der Waals surface area contributed by atoms with E-state index in [-0.39, 0.29) is 185 Å². The van der Waals surface area contributed by atoms with Gasteiger partial charge in [-0.1, -0.05) is 5.21 Å². The van der Waals surface area contributed by atoms with E-state index in [1.807, 2.05) is 0 Å². The largest absolute Gasteiger partial charge is 0.399 e. The van der Waals surface area contributed by atoms with Crippen molar-refractivity contribution in [1.82, 2.24) is 73.5 Å². The van der Waals surface area contributed by atoms with Crippen molar-refractivity contribution in [3.8, 4) is 0 Å². The number of nitrogens with one attached hydrogen (secondary N) is 11. The summed E-state index contributed by atoms with van der Waals surface area (Å²) in [6.07, 6.45) is 9.51. The van der Waals surface area contributed by atoms with E-state index in [0.717, 1.165) is 32.3 Å². The first-order valence-electron chi connectivity index (χ1n) is 36.8. The highest BCUT2D eigenvalue weighted by molar-refractivity contribution is 5.77. The van der Waals surface area contributed by atoms with E-state index in [9.17, 15) is 39.3 Å². The molecule has 1 aromatic rings. The van der Waals surface area contributed by atoms with E-state index in [0.29, 0.717) is 175 Å². The zero-order valence-corrected chi connectivity index (χ0v) is 61.7. The summed E-state index contributed by atoms with van der Waals surface area (Å²) in [5.41, 5.74) is 19.4. The minimum atomic E-state index is -0.966. The molecule has 3 saturated heterocycles. The van der Waals surface area contributed by atoms with Gasteiger partial charge in [0.15, 0.2) is 0 Å². The van der Waals surface area contributed by atoms with Gasteiger partial charge in [0.25, 0.3) is 0 Å². The molecule has 0 radical (unpaired) electrons. The molecule has 3 fully saturated rings. The van der Waals surface area contributed by atoms with Crippen LogP contribution in [0.2, 0.25) is 0 Å². The van der Waals surface area contributed by atoms with Crippen LogP contribution >= 0.6 is 0 Å². The first kappa shape index (κ1) is 92.2. The fraction of sp³-hybridized carbons (Fsp3) is 0.833. The topological polar surface area (TPSA) is 526 Å². The average Bonchev–Trinajstić information content (AvgIpc) is 1.08. The summed E-state index contributed by atoms with van der Waals surface area (Å²) < 4.78 is 84.8. The van der Waals surface area contributed by atoms with Crippen molar-refractivity contribution in [2.45, 2.75) is 132 Å². The molecular formula is C66H125N17O23. The molecule has 0 aliphatic carbocycles. The molecule has 0 bridgehead atoms. The lowest BCUT2D eigenvalue weighted by atomic mass is 9.84. The van der Waals surface area contributed by atoms with Crippen molar-refractivity contribution in [3.05, 3.63) is 35.7 Å². The highest BCUT2D eigenvalue weighted by Crippen LogP contribution is 2.24. The fourth-order valence-electron chi connectivity index (χ4n) is 10.2. The number of urea groups is 3. The van der Waals surface area contributed by atoms with Gasteiger partial charge < -0.3 is 157 Å². The smallest absolute Gasteiger partial charge is 0.315 e. The molecule has 612 valence electrons. The Balaban J connectivity index is 1.00. The van der Waals surface area contributed by atoms with E-state index < -0.39 is 11.8 Å². The predicted octanol–water partition coefficient (Wildman–Crippen LogP) is -4.04. The molecule has 3 aliphatic heterocycles. The number of rotatable bonds is 65. The molecule has 3 aliphatic rings. The number of aliphatic hydroxyl groups excluding tert-OH is 3. The molecule has 20 N–H and O–H groups in total. The zero-order chi connectivity index (χ0) is 76.0. The maximum absolute atomic E-state index is 13.0. The van der Waals surface area contributed by atoms with Crippen molar-refractivity contribution in [3.63, 3.8) is 0 Å². The van der Waals surface area contributed by atoms with Gasteiger partial charge in [-0.2, -0.15) is 0 Å². The van der Waals surface area contributed by atoms with Crippen LogP contribution in [0.3, 0.4) is 0 Å². The number of nitrogens with zero attached hydrogens (tertiary/aromatic N) is 3. The summed E-state index contributed by atoms with van der Waals surface area (Å²) in [7, 11) is 0. The number of hydrogen-bond donors (Lipinski definition) is 17. The Morgan fingerprint density at radius 3 is 1.41 bits per heavy atom. The third kappa shape index (κ3) is 50.4. The average molecular weight is 1520 g/mol. The summed E-state index contributed by atoms with van der Waals surface area (Å²) in [5, 5.41) is 68.8. The van der Waals surface area contributed by atoms with Gasteiger partial charge in [0.05, 0.1) is 220 Å². The lowest BCUT2D eigenvalue weighted by molar-refractivity contribution is -0.121. The zero-order valence-electron chi connectivity index (χ0n) is 61.7. The first-order valence-corrected chi connectivity index (χ1v) is 36.8. The highest BCUT2D eigenvalue weighted by atomic mass is 16.6. The van der Waals surface area contributed by atoms with E-state index in [2.05, 4.69) is 68.8 Å². The van der Waals surface area contributed by atoms with Crippen LogP contribution in [0, 0.1) is 0 Å². The fourth-order valence-corrected chi connectivity index (χ4v) is 10.2. The first-order chi connectivity index (χ1) is 51.7. The van der Waals surface area contributed by atoms with Crippen LogP contribution in [-0.2, 0) is 94.0 Å². The standard InChI is InChI=1S/C66H125N17O23/c67-52(43-99-23-16-75-63(89)78-54-2-1-19-98-45-54)38-70-49-102-35-32-95-29-26-92-20-13-72-60(86)7-10-66(69,11-8-61(87)73-14-21-93-27-30-96-33-36-103-50-71-39-53(68)44-100-24-17-76-64(90)79-55-3-5-58(41-84)105-47-55)12-9-62(88)74-15-22-94-28-31-97-34-37-104-51-83-40-57(81-82-83)46-101-25-18-77-65(91)80-56-4-6-59(42-85)106-48-56/h38-40,54-56,58-59,61,70-71,73,84-85,87H,1-37,41-51,67-69H2,(H,72,86)(H,74,88)(H2,75,78,89)(H2,76,79,90)(H2,77,80,91)/b52-38-,53-39-/t54?,55-,56?,58+,59+,61?,66?/m1/s1. The van der Waals surface area contributed by atoms with Gasteiger partial charge in [-0.3, -0.25) is 14.9 Å². The van der Waals surface area contributed by atoms with Gasteiger partial charge in [0, 0.05) is 76.7 Å². The van der Waals surface area contributed by atoms with Crippen LogP contribution in [0.1, 0.15) is 82.7 Å². The quantitative estimate of drug-likeness (QED) is 0.0218. The number of carbonyl (C=O) groups excluding carboxylic acids is 5. The number of amides is 8. The second kappa shape index (κ2) is 61.6. The Morgan fingerprint density at radius 1 is 0.528 bits per heavy atom. The Kier molecular flexibility index (Phi) is 53.6. The molecule has 0 aromatic carbocycles. The van der Waals surface area contributed by atoms with E-state index in [4.69, 9.17) is 88.3 Å². The van der Waals surface area contributed by atoms with Crippen molar-refractivity contribution < 1.29 is 110 Å². The van der Waals surface area contributed by atoms with E-state index >= 15 is 0 Å². The lowest BCUT2D eigenvalue weighted by Gasteiger charge is -2.30. The predicted molar refractivity (Wildman–Crippen MR) is 382 cm³/mol. The Hall–Kier alpha value is -6.23. The molecule has 0 spiro atoms. The SMILES string of the molecule is N/C(=C\NCOCCOCCOCCNC(=O)CCC(N)(CCC(=O)NCCOCCOCCOCn1cc(COCCNC(=O)NC2CC[C@@H](CO)OC2)nn1)CCC(O)NCCOCCOCCOCN/C=C(\N)COCCNC(=O)N[C@@H]1CC[C@@H](CO)OC1)COCCNC(=O)NC1CCCOC1. The Morgan fingerprint density at radius 2 is 0.953 bits per heavy atom. The van der Waals surface area contributed by atoms with E-state index in [1.165, 1.54) is 4.68 Å².